The van der Waals surface area contributed by atoms with Gasteiger partial charge in [-0.3, -0.25) is 0 Å². The molecule has 90 valence electrons. The lowest BCUT2D eigenvalue weighted by molar-refractivity contribution is 0.227. The second-order valence-corrected chi connectivity index (χ2v) is 4.86. The van der Waals surface area contributed by atoms with Crippen LogP contribution in [0, 0.1) is 11.8 Å². The van der Waals surface area contributed by atoms with Gasteiger partial charge in [0.05, 0.1) is 6.61 Å². The van der Waals surface area contributed by atoms with E-state index in [2.05, 4.69) is 57.7 Å². The topological polar surface area (TPSA) is 9.23 Å². The molecule has 0 radical (unpaired) electrons. The molecule has 1 unspecified atom stereocenters. The Labute approximate surface area is 105 Å². The SMILES string of the molecule is CCc1ccc(OCC(CS)C(C)C)cc1. The molecule has 1 aromatic rings. The van der Waals surface area contributed by atoms with Crippen LogP contribution < -0.4 is 4.74 Å². The van der Waals surface area contributed by atoms with Crippen LogP contribution >= 0.6 is 12.6 Å². The molecule has 0 saturated heterocycles. The Kier molecular flexibility index (Phi) is 5.75. The van der Waals surface area contributed by atoms with Gasteiger partial charge in [0.2, 0.25) is 0 Å². The smallest absolute Gasteiger partial charge is 0.119 e. The third-order valence-corrected chi connectivity index (χ3v) is 3.44. The summed E-state index contributed by atoms with van der Waals surface area (Å²) in [5, 5.41) is 0. The van der Waals surface area contributed by atoms with Gasteiger partial charge in [-0.1, -0.05) is 32.9 Å². The van der Waals surface area contributed by atoms with Crippen LogP contribution in [0.1, 0.15) is 26.3 Å². The number of hydrogen-bond acceptors (Lipinski definition) is 2. The molecule has 16 heavy (non-hydrogen) atoms. The number of benzene rings is 1. The van der Waals surface area contributed by atoms with Crippen LogP contribution in [0.25, 0.3) is 0 Å². The van der Waals surface area contributed by atoms with Crippen molar-refractivity contribution in [3.8, 4) is 5.75 Å². The third kappa shape index (κ3) is 4.09. The summed E-state index contributed by atoms with van der Waals surface area (Å²) >= 11 is 4.35. The summed E-state index contributed by atoms with van der Waals surface area (Å²) in [5.41, 5.74) is 1.35. The molecule has 0 fully saturated rings. The minimum absolute atomic E-state index is 0.522. The molecule has 0 amide bonds. The highest BCUT2D eigenvalue weighted by Gasteiger charge is 2.12. The highest BCUT2D eigenvalue weighted by atomic mass is 32.1. The molecule has 1 aromatic carbocycles. The first-order valence-corrected chi connectivity index (χ1v) is 6.63. The number of rotatable bonds is 6. The van der Waals surface area contributed by atoms with Crippen molar-refractivity contribution >= 4 is 12.6 Å². The molecule has 0 aliphatic rings. The van der Waals surface area contributed by atoms with Crippen LogP contribution in [0.4, 0.5) is 0 Å². The first-order chi connectivity index (χ1) is 7.67. The molecule has 0 aliphatic heterocycles. The Morgan fingerprint density at radius 2 is 1.81 bits per heavy atom. The number of thiol groups is 1. The van der Waals surface area contributed by atoms with Crippen LogP contribution in [0.2, 0.25) is 0 Å². The molecule has 1 atom stereocenters. The van der Waals surface area contributed by atoms with Crippen molar-refractivity contribution in [1.82, 2.24) is 0 Å². The van der Waals surface area contributed by atoms with Gasteiger partial charge in [-0.2, -0.15) is 12.6 Å². The molecule has 0 heterocycles. The quantitative estimate of drug-likeness (QED) is 0.741. The van der Waals surface area contributed by atoms with Crippen LogP contribution in [0.3, 0.4) is 0 Å². The second kappa shape index (κ2) is 6.85. The lowest BCUT2D eigenvalue weighted by atomic mass is 9.99. The zero-order chi connectivity index (χ0) is 12.0. The van der Waals surface area contributed by atoms with Gasteiger partial charge in [-0.25, -0.2) is 0 Å². The van der Waals surface area contributed by atoms with Gasteiger partial charge < -0.3 is 4.74 Å². The van der Waals surface area contributed by atoms with Gasteiger partial charge in [-0.05, 0) is 35.8 Å². The van der Waals surface area contributed by atoms with Crippen molar-refractivity contribution in [2.24, 2.45) is 11.8 Å². The van der Waals surface area contributed by atoms with Crippen LogP contribution in [0.5, 0.6) is 5.75 Å². The molecule has 0 N–H and O–H groups in total. The molecule has 1 rings (SSSR count). The fourth-order valence-corrected chi connectivity index (χ4v) is 2.01. The number of aryl methyl sites for hydroxylation is 1. The summed E-state index contributed by atoms with van der Waals surface area (Å²) in [6.07, 6.45) is 1.07. The van der Waals surface area contributed by atoms with E-state index in [-0.39, 0.29) is 0 Å². The lowest BCUT2D eigenvalue weighted by Gasteiger charge is -2.19. The molecule has 0 saturated carbocycles. The zero-order valence-electron chi connectivity index (χ0n) is 10.4. The van der Waals surface area contributed by atoms with Gasteiger partial charge in [0.25, 0.3) is 0 Å². The van der Waals surface area contributed by atoms with Crippen molar-refractivity contribution in [2.45, 2.75) is 27.2 Å². The van der Waals surface area contributed by atoms with Crippen molar-refractivity contribution in [3.63, 3.8) is 0 Å². The van der Waals surface area contributed by atoms with Gasteiger partial charge in [-0.15, -0.1) is 0 Å². The van der Waals surface area contributed by atoms with Gasteiger partial charge in [0.15, 0.2) is 0 Å². The lowest BCUT2D eigenvalue weighted by Crippen LogP contribution is -2.19. The van der Waals surface area contributed by atoms with Crippen molar-refractivity contribution in [3.05, 3.63) is 29.8 Å². The van der Waals surface area contributed by atoms with Crippen LogP contribution in [0.15, 0.2) is 24.3 Å². The molecule has 2 heteroatoms. The maximum atomic E-state index is 5.77. The highest BCUT2D eigenvalue weighted by Crippen LogP contribution is 2.17. The molecule has 0 spiro atoms. The second-order valence-electron chi connectivity index (χ2n) is 4.50. The summed E-state index contributed by atoms with van der Waals surface area (Å²) in [4.78, 5) is 0. The van der Waals surface area contributed by atoms with Crippen LogP contribution in [-0.4, -0.2) is 12.4 Å². The number of hydrogen-bond donors (Lipinski definition) is 1. The molecular formula is C14H22OS. The predicted octanol–water partition coefficient (Wildman–Crippen LogP) is 3.83. The third-order valence-electron chi connectivity index (χ3n) is 2.97. The summed E-state index contributed by atoms with van der Waals surface area (Å²) in [6, 6.07) is 8.35. The van der Waals surface area contributed by atoms with Crippen molar-refractivity contribution in [2.75, 3.05) is 12.4 Å². The Hall–Kier alpha value is -0.630. The summed E-state index contributed by atoms with van der Waals surface area (Å²) < 4.78 is 5.77. The monoisotopic (exact) mass is 238 g/mol. The summed E-state index contributed by atoms with van der Waals surface area (Å²) in [6.45, 7) is 7.34. The fraction of sp³-hybridized carbons (Fsp3) is 0.571. The Balaban J connectivity index is 2.47. The van der Waals surface area contributed by atoms with Gasteiger partial charge >= 0.3 is 0 Å². The molecule has 0 aliphatic carbocycles. The van der Waals surface area contributed by atoms with E-state index in [0.29, 0.717) is 11.8 Å². The minimum Gasteiger partial charge on any atom is -0.493 e. The molecular weight excluding hydrogens is 216 g/mol. The minimum atomic E-state index is 0.522. The predicted molar refractivity (Wildman–Crippen MR) is 73.5 cm³/mol. The maximum absolute atomic E-state index is 5.77. The highest BCUT2D eigenvalue weighted by molar-refractivity contribution is 7.80. The average Bonchev–Trinajstić information content (AvgIpc) is 2.30. The van der Waals surface area contributed by atoms with E-state index in [1.807, 2.05) is 0 Å². The Morgan fingerprint density at radius 3 is 2.25 bits per heavy atom. The van der Waals surface area contributed by atoms with E-state index < -0.39 is 0 Å². The van der Waals surface area contributed by atoms with Crippen molar-refractivity contribution < 1.29 is 4.74 Å². The Morgan fingerprint density at radius 1 is 1.19 bits per heavy atom. The van der Waals surface area contributed by atoms with E-state index in [1.165, 1.54) is 5.56 Å². The van der Waals surface area contributed by atoms with E-state index >= 15 is 0 Å². The van der Waals surface area contributed by atoms with Crippen molar-refractivity contribution in [1.29, 1.82) is 0 Å². The van der Waals surface area contributed by atoms with E-state index in [9.17, 15) is 0 Å². The van der Waals surface area contributed by atoms with E-state index in [1.54, 1.807) is 0 Å². The Bertz CT molecular complexity index is 292. The fourth-order valence-electron chi connectivity index (χ4n) is 1.48. The first kappa shape index (κ1) is 13.4. The number of ether oxygens (including phenoxy) is 1. The van der Waals surface area contributed by atoms with Crippen LogP contribution in [-0.2, 0) is 6.42 Å². The zero-order valence-corrected chi connectivity index (χ0v) is 11.3. The normalized spacial score (nSPS) is 12.8. The molecule has 0 bridgehead atoms. The largest absolute Gasteiger partial charge is 0.493 e. The maximum Gasteiger partial charge on any atom is 0.119 e. The molecule has 1 nitrogen and oxygen atoms in total. The van der Waals surface area contributed by atoms with Gasteiger partial charge in [0, 0.05) is 5.92 Å². The van der Waals surface area contributed by atoms with Gasteiger partial charge in [0.1, 0.15) is 5.75 Å². The first-order valence-electron chi connectivity index (χ1n) is 6.00. The van der Waals surface area contributed by atoms with E-state index in [0.717, 1.165) is 24.5 Å². The standard InChI is InChI=1S/C14H22OS/c1-4-12-5-7-14(8-6-12)15-9-13(10-16)11(2)3/h5-8,11,13,16H,4,9-10H2,1-3H3. The average molecular weight is 238 g/mol. The summed E-state index contributed by atoms with van der Waals surface area (Å²) in [5.74, 6) is 2.98. The van der Waals surface area contributed by atoms with E-state index in [4.69, 9.17) is 4.74 Å². The molecule has 0 aromatic heterocycles. The summed E-state index contributed by atoms with van der Waals surface area (Å²) in [7, 11) is 0.